The average molecular weight is 307 g/mol. The van der Waals surface area contributed by atoms with E-state index in [1.165, 1.54) is 30.4 Å². The number of ether oxygens (including phenoxy) is 1. The lowest BCUT2D eigenvalue weighted by Crippen LogP contribution is -2.18. The summed E-state index contributed by atoms with van der Waals surface area (Å²) in [5.74, 6) is -0.791. The molecule has 1 amide bonds. The second-order valence-electron chi connectivity index (χ2n) is 4.32. The van der Waals surface area contributed by atoms with Gasteiger partial charge in [-0.3, -0.25) is 9.59 Å². The fourth-order valence-corrected chi connectivity index (χ4v) is 2.48. The summed E-state index contributed by atoms with van der Waals surface area (Å²) < 4.78 is 18.5. The van der Waals surface area contributed by atoms with Crippen molar-refractivity contribution in [2.24, 2.45) is 0 Å². The maximum Gasteiger partial charge on any atom is 0.217 e. The third-order valence-electron chi connectivity index (χ3n) is 2.64. The van der Waals surface area contributed by atoms with E-state index in [1.807, 2.05) is 0 Å². The summed E-state index contributed by atoms with van der Waals surface area (Å²) >= 11 is 1.28. The van der Waals surface area contributed by atoms with Gasteiger partial charge in [0.15, 0.2) is 18.2 Å². The van der Waals surface area contributed by atoms with Crippen LogP contribution in [0.15, 0.2) is 36.4 Å². The molecule has 0 atom stereocenters. The van der Waals surface area contributed by atoms with Crippen LogP contribution in [-0.2, 0) is 11.3 Å². The van der Waals surface area contributed by atoms with Gasteiger partial charge in [-0.2, -0.15) is 0 Å². The van der Waals surface area contributed by atoms with Gasteiger partial charge in [-0.15, -0.1) is 11.3 Å². The second-order valence-corrected chi connectivity index (χ2v) is 5.49. The summed E-state index contributed by atoms with van der Waals surface area (Å²) in [6.07, 6.45) is 0. The fourth-order valence-electron chi connectivity index (χ4n) is 1.61. The first-order valence-corrected chi connectivity index (χ1v) is 7.11. The van der Waals surface area contributed by atoms with E-state index in [-0.39, 0.29) is 24.0 Å². The molecule has 0 saturated carbocycles. The molecule has 0 radical (unpaired) electrons. The van der Waals surface area contributed by atoms with Crippen LogP contribution < -0.4 is 10.1 Å². The fraction of sp³-hybridized carbons (Fsp3) is 0.200. The Morgan fingerprint density at radius 2 is 2.00 bits per heavy atom. The molecule has 0 saturated heterocycles. The lowest BCUT2D eigenvalue weighted by Gasteiger charge is -2.05. The number of carbonyl (C=O) groups excluding carboxylic acids is 2. The average Bonchev–Trinajstić information content (AvgIpc) is 2.93. The first-order chi connectivity index (χ1) is 10.1. The third kappa shape index (κ3) is 4.39. The molecule has 21 heavy (non-hydrogen) atoms. The van der Waals surface area contributed by atoms with Crippen LogP contribution in [0.5, 0.6) is 5.75 Å². The number of carbonyl (C=O) groups is 2. The molecule has 0 fully saturated rings. The van der Waals surface area contributed by atoms with Crippen molar-refractivity contribution in [3.8, 4) is 5.75 Å². The van der Waals surface area contributed by atoms with Crippen LogP contribution >= 0.6 is 11.3 Å². The van der Waals surface area contributed by atoms with Gasteiger partial charge >= 0.3 is 0 Å². The van der Waals surface area contributed by atoms with Gasteiger partial charge in [0, 0.05) is 11.8 Å². The van der Waals surface area contributed by atoms with Gasteiger partial charge in [0.1, 0.15) is 0 Å². The van der Waals surface area contributed by atoms with Crippen LogP contribution in [0, 0.1) is 5.82 Å². The molecule has 0 aliphatic rings. The van der Waals surface area contributed by atoms with Crippen molar-refractivity contribution in [1.29, 1.82) is 0 Å². The summed E-state index contributed by atoms with van der Waals surface area (Å²) in [6, 6.07) is 9.39. The Balaban J connectivity index is 1.92. The molecule has 2 aromatic rings. The number of hydrogen-bond acceptors (Lipinski definition) is 4. The molecule has 0 spiro atoms. The minimum absolute atomic E-state index is 0.0564. The van der Waals surface area contributed by atoms with Gasteiger partial charge in [-0.25, -0.2) is 4.39 Å². The first-order valence-electron chi connectivity index (χ1n) is 6.30. The molecule has 2 rings (SSSR count). The maximum atomic E-state index is 13.3. The van der Waals surface area contributed by atoms with Crippen molar-refractivity contribution in [3.05, 3.63) is 52.0 Å². The van der Waals surface area contributed by atoms with Crippen LogP contribution in [0.1, 0.15) is 21.5 Å². The molecular weight excluding hydrogens is 293 g/mol. The van der Waals surface area contributed by atoms with E-state index in [1.54, 1.807) is 24.3 Å². The highest BCUT2D eigenvalue weighted by molar-refractivity contribution is 7.14. The SMILES string of the molecule is CC(=O)NCc1ccc(C(=O)COc2ccccc2F)s1. The number of hydrogen-bond donors (Lipinski definition) is 1. The molecule has 0 bridgehead atoms. The number of Topliss-reactive ketones (excluding diaryl/α,β-unsaturated/α-hetero) is 1. The quantitative estimate of drug-likeness (QED) is 0.835. The highest BCUT2D eigenvalue weighted by Gasteiger charge is 2.11. The van der Waals surface area contributed by atoms with Crippen LogP contribution in [0.4, 0.5) is 4.39 Å². The Kier molecular flexibility index (Phi) is 5.05. The summed E-state index contributed by atoms with van der Waals surface area (Å²) in [5, 5.41) is 2.66. The number of ketones is 1. The van der Waals surface area contributed by atoms with E-state index in [9.17, 15) is 14.0 Å². The largest absolute Gasteiger partial charge is 0.482 e. The van der Waals surface area contributed by atoms with Crippen molar-refractivity contribution in [2.45, 2.75) is 13.5 Å². The predicted octanol–water partition coefficient (Wildman–Crippen LogP) is 2.79. The van der Waals surface area contributed by atoms with E-state index in [4.69, 9.17) is 4.74 Å². The molecule has 0 unspecified atom stereocenters. The molecule has 1 aromatic carbocycles. The molecule has 4 nitrogen and oxygen atoms in total. The highest BCUT2D eigenvalue weighted by atomic mass is 32.1. The van der Waals surface area contributed by atoms with Crippen molar-refractivity contribution < 1.29 is 18.7 Å². The summed E-state index contributed by atoms with van der Waals surface area (Å²) in [7, 11) is 0. The van der Waals surface area contributed by atoms with E-state index in [2.05, 4.69) is 5.32 Å². The Morgan fingerprint density at radius 1 is 1.24 bits per heavy atom. The third-order valence-corrected chi connectivity index (χ3v) is 3.77. The van der Waals surface area contributed by atoms with E-state index >= 15 is 0 Å². The number of amides is 1. The van der Waals surface area contributed by atoms with Gasteiger partial charge in [0.25, 0.3) is 0 Å². The monoisotopic (exact) mass is 307 g/mol. The molecule has 0 aliphatic carbocycles. The lowest BCUT2D eigenvalue weighted by atomic mass is 10.3. The summed E-state index contributed by atoms with van der Waals surface area (Å²) in [4.78, 5) is 24.2. The topological polar surface area (TPSA) is 55.4 Å². The number of halogens is 1. The number of nitrogens with one attached hydrogen (secondary N) is 1. The van der Waals surface area contributed by atoms with Crippen molar-refractivity contribution in [2.75, 3.05) is 6.61 Å². The number of rotatable bonds is 6. The van der Waals surface area contributed by atoms with Gasteiger partial charge < -0.3 is 10.1 Å². The number of para-hydroxylation sites is 1. The molecule has 1 N–H and O–H groups in total. The number of thiophene rings is 1. The Labute approximate surface area is 125 Å². The molecule has 6 heteroatoms. The smallest absolute Gasteiger partial charge is 0.217 e. The van der Waals surface area contributed by atoms with Crippen LogP contribution in [-0.4, -0.2) is 18.3 Å². The minimum atomic E-state index is -0.497. The van der Waals surface area contributed by atoms with E-state index in [0.29, 0.717) is 11.4 Å². The zero-order valence-corrected chi connectivity index (χ0v) is 12.2. The van der Waals surface area contributed by atoms with Gasteiger partial charge in [0.05, 0.1) is 11.4 Å². The summed E-state index contributed by atoms with van der Waals surface area (Å²) in [6.45, 7) is 1.60. The molecule has 1 heterocycles. The van der Waals surface area contributed by atoms with Gasteiger partial charge in [-0.05, 0) is 24.3 Å². The Morgan fingerprint density at radius 3 is 2.71 bits per heavy atom. The van der Waals surface area contributed by atoms with Crippen LogP contribution in [0.3, 0.4) is 0 Å². The standard InChI is InChI=1S/C15H14FNO3S/c1-10(18)17-8-11-6-7-15(21-11)13(19)9-20-14-5-3-2-4-12(14)16/h2-7H,8-9H2,1H3,(H,17,18). The van der Waals surface area contributed by atoms with Crippen LogP contribution in [0.2, 0.25) is 0 Å². The Bertz CT molecular complexity index is 654. The zero-order chi connectivity index (χ0) is 15.2. The highest BCUT2D eigenvalue weighted by Crippen LogP contribution is 2.19. The normalized spacial score (nSPS) is 10.2. The summed E-state index contributed by atoms with van der Waals surface area (Å²) in [5.41, 5.74) is 0. The lowest BCUT2D eigenvalue weighted by molar-refractivity contribution is -0.119. The van der Waals surface area contributed by atoms with Gasteiger partial charge in [-0.1, -0.05) is 12.1 Å². The first kappa shape index (κ1) is 15.2. The van der Waals surface area contributed by atoms with Crippen molar-refractivity contribution >= 4 is 23.0 Å². The van der Waals surface area contributed by atoms with Crippen molar-refractivity contribution in [3.63, 3.8) is 0 Å². The molecule has 0 aliphatic heterocycles. The van der Waals surface area contributed by atoms with Gasteiger partial charge in [0.2, 0.25) is 11.7 Å². The molecule has 1 aromatic heterocycles. The maximum absolute atomic E-state index is 13.3. The second kappa shape index (κ2) is 6.99. The van der Waals surface area contributed by atoms with Crippen LogP contribution in [0.25, 0.3) is 0 Å². The Hall–Kier alpha value is -2.21. The van der Waals surface area contributed by atoms with Crippen molar-refractivity contribution in [1.82, 2.24) is 5.32 Å². The predicted molar refractivity (Wildman–Crippen MR) is 78.1 cm³/mol. The minimum Gasteiger partial charge on any atom is -0.482 e. The molecule has 110 valence electrons. The number of benzene rings is 1. The zero-order valence-electron chi connectivity index (χ0n) is 11.4. The van der Waals surface area contributed by atoms with E-state index in [0.717, 1.165) is 4.88 Å². The molecular formula is C15H14FNO3S. The van der Waals surface area contributed by atoms with E-state index < -0.39 is 5.82 Å².